The lowest BCUT2D eigenvalue weighted by molar-refractivity contribution is -0.208. The maximum absolute atomic E-state index is 12.0. The first kappa shape index (κ1) is 33.6. The zero-order valence-corrected chi connectivity index (χ0v) is 33.8. The second-order valence-corrected chi connectivity index (χ2v) is 16.1. The van der Waals surface area contributed by atoms with Crippen LogP contribution < -0.4 is 0 Å². The monoisotopic (exact) mass is 1090 g/mol. The van der Waals surface area contributed by atoms with Gasteiger partial charge in [0.1, 0.15) is 23.0 Å². The molecule has 1 aliphatic rings. The molecule has 0 spiro atoms. The minimum atomic E-state index is -1.27. The van der Waals surface area contributed by atoms with Crippen LogP contribution in [0, 0.1) is 0 Å². The van der Waals surface area contributed by atoms with Gasteiger partial charge in [0.25, 0.3) is 6.29 Å². The largest absolute Gasteiger partial charge is 0.514 e. The highest BCUT2D eigenvalue weighted by Crippen LogP contribution is 2.55. The van der Waals surface area contributed by atoms with E-state index in [9.17, 15) is 25.2 Å². The summed E-state index contributed by atoms with van der Waals surface area (Å²) >= 11 is 27.6. The molecule has 1 heterocycles. The van der Waals surface area contributed by atoms with Crippen LogP contribution in [0.15, 0.2) is 72.2 Å². The van der Waals surface area contributed by atoms with Crippen LogP contribution in [0.3, 0.4) is 0 Å². The van der Waals surface area contributed by atoms with Gasteiger partial charge in [-0.3, -0.25) is 0 Å². The molecular weight excluding hydrogens is 1090 g/mol. The lowest BCUT2D eigenvalue weighted by Gasteiger charge is -2.42. The Balaban J connectivity index is 1.84. The van der Waals surface area contributed by atoms with Crippen molar-refractivity contribution < 1.29 is 34.7 Å². The maximum Gasteiger partial charge on any atom is 0.514 e. The van der Waals surface area contributed by atoms with Crippen molar-refractivity contribution in [1.29, 1.82) is 0 Å². The molecule has 0 aromatic heterocycles. The number of carbonyl (C=O) groups excluding carboxylic acids is 1. The highest BCUT2D eigenvalue weighted by atomic mass is 79.9. The highest BCUT2D eigenvalue weighted by molar-refractivity contribution is 9.13. The first-order valence-electron chi connectivity index (χ1n) is 11.7. The minimum Gasteiger partial charge on any atom is -0.506 e. The van der Waals surface area contributed by atoms with E-state index in [1.54, 1.807) is 43.3 Å². The Morgan fingerprint density at radius 3 is 1.19 bits per heavy atom. The number of rotatable bonds is 5. The van der Waals surface area contributed by atoms with Crippen molar-refractivity contribution in [1.82, 2.24) is 0 Å². The predicted octanol–water partition coefficient (Wildman–Crippen LogP) is 11.7. The van der Waals surface area contributed by atoms with E-state index in [2.05, 4.69) is 127 Å². The van der Waals surface area contributed by atoms with Crippen molar-refractivity contribution in [2.75, 3.05) is 0 Å². The number of hydrogen-bond acceptors (Lipinski definition) is 7. The summed E-state index contributed by atoms with van der Waals surface area (Å²) in [7, 11) is 0. The molecule has 0 radical (unpaired) electrons. The van der Waals surface area contributed by atoms with E-state index in [0.717, 1.165) is 0 Å². The Kier molecular flexibility index (Phi) is 9.69. The molecule has 0 bridgehead atoms. The zero-order valence-electron chi connectivity index (χ0n) is 21.1. The van der Waals surface area contributed by atoms with Gasteiger partial charge < -0.3 is 29.9 Å². The van der Waals surface area contributed by atoms with Crippen molar-refractivity contribution in [2.24, 2.45) is 0 Å². The molecule has 15 heteroatoms. The van der Waals surface area contributed by atoms with Gasteiger partial charge in [0.2, 0.25) is 0 Å². The van der Waals surface area contributed by atoms with Gasteiger partial charge in [-0.25, -0.2) is 4.79 Å². The number of hydrogen-bond donors (Lipinski definition) is 4. The molecule has 0 atom stereocenters. The Labute approximate surface area is 312 Å². The average molecular weight is 1100 g/mol. The van der Waals surface area contributed by atoms with Crippen molar-refractivity contribution in [2.45, 2.75) is 18.6 Å². The number of cyclic esters (lactones) is 2. The lowest BCUT2D eigenvalue weighted by atomic mass is 9.73. The molecule has 1 aliphatic heterocycles. The van der Waals surface area contributed by atoms with Gasteiger partial charge in [-0.2, -0.15) is 0 Å². The maximum atomic E-state index is 12.0. The van der Waals surface area contributed by atoms with Crippen molar-refractivity contribution in [3.05, 3.63) is 83.3 Å². The number of phenols is 4. The summed E-state index contributed by atoms with van der Waals surface area (Å²) in [6, 6.07) is 10.1. The van der Waals surface area contributed by atoms with Crippen LogP contribution >= 0.6 is 127 Å². The van der Waals surface area contributed by atoms with E-state index in [-0.39, 0.29) is 23.0 Å². The van der Waals surface area contributed by atoms with Crippen molar-refractivity contribution in [3.63, 3.8) is 0 Å². The first-order chi connectivity index (χ1) is 20.1. The van der Waals surface area contributed by atoms with Crippen LogP contribution in [0.4, 0.5) is 4.79 Å². The van der Waals surface area contributed by atoms with E-state index in [1.807, 2.05) is 0 Å². The molecule has 7 nitrogen and oxygen atoms in total. The lowest BCUT2D eigenvalue weighted by Crippen LogP contribution is -2.51. The molecule has 0 unspecified atom stereocenters. The van der Waals surface area contributed by atoms with E-state index < -0.39 is 17.9 Å². The molecule has 1 fully saturated rings. The molecule has 43 heavy (non-hydrogen) atoms. The summed E-state index contributed by atoms with van der Waals surface area (Å²) in [6.45, 7) is 1.80. The summed E-state index contributed by atoms with van der Waals surface area (Å²) < 4.78 is 14.2. The zero-order chi connectivity index (χ0) is 31.7. The van der Waals surface area contributed by atoms with Gasteiger partial charge in [0.05, 0.1) is 32.3 Å². The third kappa shape index (κ3) is 5.72. The summed E-state index contributed by atoms with van der Waals surface area (Å²) in [6.07, 6.45) is -1.96. The molecular formula is C28H14Br8O7. The number of carbonyl (C=O) groups is 1. The molecule has 4 aromatic carbocycles. The Morgan fingerprint density at radius 1 is 0.558 bits per heavy atom. The second-order valence-electron chi connectivity index (χ2n) is 9.49. The number of phenolic OH excluding ortho intramolecular Hbond substituents is 4. The van der Waals surface area contributed by atoms with E-state index >= 15 is 0 Å². The molecule has 4 aromatic rings. The predicted molar refractivity (Wildman–Crippen MR) is 190 cm³/mol. The topological polar surface area (TPSA) is 116 Å². The van der Waals surface area contributed by atoms with Gasteiger partial charge >= 0.3 is 6.16 Å². The Hall–Kier alpha value is -0.810. The standard InChI is InChI=1S/C28H14Br8O7/c1-28(26-42-27(41)43-26,12-6-10(22(37)20(35)18(12)33)8-2-14(29)24(39)15(30)3-8)13-7-11(23(38)21(36)19(13)34)9-4-16(31)25(40)17(32)5-9/h2-7,26,37-40H,1H3. The quantitative estimate of drug-likeness (QED) is 0.147. The minimum absolute atomic E-state index is 0.00262. The van der Waals surface area contributed by atoms with Gasteiger partial charge in [-0.05, 0) is 193 Å². The summed E-state index contributed by atoms with van der Waals surface area (Å²) in [5.74, 6) is -0.173. The van der Waals surface area contributed by atoms with Crippen LogP contribution in [-0.4, -0.2) is 32.9 Å². The summed E-state index contributed by atoms with van der Waals surface area (Å²) in [4.78, 5) is 12.0. The fraction of sp³-hybridized carbons (Fsp3) is 0.107. The number of aromatic hydroxyl groups is 4. The summed E-state index contributed by atoms with van der Waals surface area (Å²) in [5, 5.41) is 43.0. The second kappa shape index (κ2) is 12.4. The van der Waals surface area contributed by atoms with Gasteiger partial charge in [-0.15, -0.1) is 0 Å². The van der Waals surface area contributed by atoms with Crippen LogP contribution in [0.1, 0.15) is 18.1 Å². The van der Waals surface area contributed by atoms with Crippen LogP contribution in [0.25, 0.3) is 22.3 Å². The molecule has 1 saturated heterocycles. The first-order valence-corrected chi connectivity index (χ1v) is 18.1. The van der Waals surface area contributed by atoms with Gasteiger partial charge in [-0.1, -0.05) is 0 Å². The third-order valence-electron chi connectivity index (χ3n) is 7.01. The normalized spacial score (nSPS) is 13.5. The fourth-order valence-electron chi connectivity index (χ4n) is 4.69. The van der Waals surface area contributed by atoms with Crippen LogP contribution in [0.2, 0.25) is 0 Å². The molecule has 224 valence electrons. The average Bonchev–Trinajstić information content (AvgIpc) is 2.94. The van der Waals surface area contributed by atoms with Crippen LogP contribution in [-0.2, 0) is 14.9 Å². The van der Waals surface area contributed by atoms with Crippen molar-refractivity contribution in [3.8, 4) is 45.3 Å². The van der Waals surface area contributed by atoms with Crippen LogP contribution in [0.5, 0.6) is 23.0 Å². The highest BCUT2D eigenvalue weighted by Gasteiger charge is 2.52. The molecule has 5 rings (SSSR count). The number of halogens is 8. The molecule has 0 aliphatic carbocycles. The summed E-state index contributed by atoms with van der Waals surface area (Å²) in [5.41, 5.74) is 1.72. The number of benzene rings is 4. The van der Waals surface area contributed by atoms with E-state index in [4.69, 9.17) is 9.47 Å². The van der Waals surface area contributed by atoms with Crippen molar-refractivity contribution >= 4 is 134 Å². The molecule has 4 N–H and O–H groups in total. The van der Waals surface area contributed by atoms with Gasteiger partial charge in [0.15, 0.2) is 0 Å². The molecule has 0 amide bonds. The SMILES string of the molecule is CC(c1cc(-c2cc(Br)c(O)c(Br)c2)c(O)c(Br)c1Br)(c1cc(-c2cc(Br)c(O)c(Br)c2)c(O)c(Br)c1Br)C1OC(=O)O1. The smallest absolute Gasteiger partial charge is 0.506 e. The van der Waals surface area contributed by atoms with E-state index in [1.165, 1.54) is 0 Å². The Bertz CT molecular complexity index is 1690. The van der Waals surface area contributed by atoms with E-state index in [0.29, 0.717) is 69.2 Å². The fourth-order valence-corrected chi connectivity index (χ4v) is 9.34. The number of ether oxygens (including phenoxy) is 2. The Morgan fingerprint density at radius 2 is 0.884 bits per heavy atom. The third-order valence-corrected chi connectivity index (χ3v) is 13.7. The van der Waals surface area contributed by atoms with Gasteiger partial charge in [0, 0.05) is 20.1 Å². The molecule has 0 saturated carbocycles.